The van der Waals surface area contributed by atoms with E-state index in [1.807, 2.05) is 19.1 Å². The summed E-state index contributed by atoms with van der Waals surface area (Å²) in [5.41, 5.74) is 6.09. The average Bonchev–Trinajstić information content (AvgIpc) is 2.53. The summed E-state index contributed by atoms with van der Waals surface area (Å²) in [4.78, 5) is 3.91. The number of benzene rings is 1. The van der Waals surface area contributed by atoms with Gasteiger partial charge in [0.15, 0.2) is 17.4 Å². The van der Waals surface area contributed by atoms with Crippen LogP contribution in [0.15, 0.2) is 46.6 Å². The van der Waals surface area contributed by atoms with Gasteiger partial charge in [0.2, 0.25) is 0 Å². The van der Waals surface area contributed by atoms with Crippen molar-refractivity contribution in [2.45, 2.75) is 6.92 Å². The monoisotopic (exact) mass is 302 g/mol. The summed E-state index contributed by atoms with van der Waals surface area (Å²) in [7, 11) is 0. The highest BCUT2D eigenvalue weighted by atomic mass is 16.5. The highest BCUT2D eigenvalue weighted by molar-refractivity contribution is 5.52. The summed E-state index contributed by atoms with van der Waals surface area (Å²) >= 11 is 0. The van der Waals surface area contributed by atoms with Crippen molar-refractivity contribution in [3.05, 3.63) is 36.4 Å². The molecule has 0 aliphatic carbocycles. The number of azo groups is 1. The van der Waals surface area contributed by atoms with Gasteiger partial charge in [0.25, 0.3) is 0 Å². The second kappa shape index (κ2) is 7.94. The van der Waals surface area contributed by atoms with Crippen LogP contribution in [0.4, 0.5) is 17.3 Å². The quantitative estimate of drug-likeness (QED) is 0.604. The molecule has 0 amide bonds. The van der Waals surface area contributed by atoms with E-state index in [-0.39, 0.29) is 11.6 Å². The van der Waals surface area contributed by atoms with Crippen molar-refractivity contribution in [1.29, 1.82) is 0 Å². The maximum Gasteiger partial charge on any atom is 0.176 e. The van der Waals surface area contributed by atoms with Crippen molar-refractivity contribution in [2.75, 3.05) is 25.6 Å². The first kappa shape index (κ1) is 15.7. The Bertz CT molecular complexity index is 646. The van der Waals surface area contributed by atoms with Crippen molar-refractivity contribution in [1.82, 2.24) is 4.98 Å². The Morgan fingerprint density at radius 2 is 1.95 bits per heavy atom. The molecule has 0 unspecified atom stereocenters. The predicted octanol–water partition coefficient (Wildman–Crippen LogP) is 3.20. The van der Waals surface area contributed by atoms with Crippen LogP contribution in [0.5, 0.6) is 11.5 Å². The number of aromatic nitrogens is 1. The highest BCUT2D eigenvalue weighted by Gasteiger charge is 2.03. The molecule has 3 N–H and O–H groups in total. The van der Waals surface area contributed by atoms with Crippen molar-refractivity contribution >= 4 is 17.3 Å². The largest absolute Gasteiger partial charge is 0.504 e. The Morgan fingerprint density at radius 3 is 2.73 bits per heavy atom. The molecule has 7 heteroatoms. The fourth-order valence-electron chi connectivity index (χ4n) is 1.63. The lowest BCUT2D eigenvalue weighted by molar-refractivity contribution is 0.110. The minimum absolute atomic E-state index is 0.0118. The van der Waals surface area contributed by atoms with Crippen LogP contribution < -0.4 is 10.5 Å². The van der Waals surface area contributed by atoms with Crippen LogP contribution in [0.3, 0.4) is 0 Å². The maximum atomic E-state index is 9.32. The summed E-state index contributed by atoms with van der Waals surface area (Å²) < 4.78 is 10.8. The van der Waals surface area contributed by atoms with Crippen molar-refractivity contribution in [2.24, 2.45) is 10.2 Å². The number of nitrogens with two attached hydrogens (primary N) is 1. The second-order valence-corrected chi connectivity index (χ2v) is 4.29. The lowest BCUT2D eigenvalue weighted by Gasteiger charge is -2.07. The molecule has 116 valence electrons. The van der Waals surface area contributed by atoms with Gasteiger partial charge < -0.3 is 20.3 Å². The molecule has 1 aromatic heterocycles. The molecule has 0 bridgehead atoms. The highest BCUT2D eigenvalue weighted by Crippen LogP contribution is 2.29. The zero-order valence-corrected chi connectivity index (χ0v) is 12.3. The molecule has 0 aliphatic heterocycles. The average molecular weight is 302 g/mol. The lowest BCUT2D eigenvalue weighted by atomic mass is 10.3. The minimum atomic E-state index is -0.0846. The van der Waals surface area contributed by atoms with Gasteiger partial charge in [0.1, 0.15) is 18.0 Å². The van der Waals surface area contributed by atoms with Gasteiger partial charge in [-0.15, -0.1) is 10.2 Å². The topological polar surface area (TPSA) is 102 Å². The first-order chi connectivity index (χ1) is 10.7. The Labute approximate surface area is 128 Å². The molecule has 22 heavy (non-hydrogen) atoms. The number of aromatic hydroxyl groups is 1. The van der Waals surface area contributed by atoms with Crippen LogP contribution in [-0.2, 0) is 4.74 Å². The van der Waals surface area contributed by atoms with Crippen LogP contribution >= 0.6 is 0 Å². The Balaban J connectivity index is 2.08. The fourth-order valence-corrected chi connectivity index (χ4v) is 1.63. The third-order valence-electron chi connectivity index (χ3n) is 2.70. The van der Waals surface area contributed by atoms with Gasteiger partial charge in [-0.3, -0.25) is 0 Å². The van der Waals surface area contributed by atoms with E-state index in [2.05, 4.69) is 15.2 Å². The van der Waals surface area contributed by atoms with Gasteiger partial charge in [-0.1, -0.05) is 12.1 Å². The van der Waals surface area contributed by atoms with E-state index in [1.165, 1.54) is 12.1 Å². The van der Waals surface area contributed by atoms with E-state index in [1.54, 1.807) is 12.1 Å². The van der Waals surface area contributed by atoms with Crippen molar-refractivity contribution in [3.63, 3.8) is 0 Å². The number of hydrogen-bond acceptors (Lipinski definition) is 7. The van der Waals surface area contributed by atoms with Crippen LogP contribution in [0.2, 0.25) is 0 Å². The zero-order chi connectivity index (χ0) is 15.8. The molecule has 0 atom stereocenters. The molecule has 1 aromatic carbocycles. The molecule has 2 aromatic rings. The molecule has 0 saturated carbocycles. The third kappa shape index (κ3) is 4.42. The summed E-state index contributed by atoms with van der Waals surface area (Å²) in [6.07, 6.45) is 0. The number of ether oxygens (including phenoxy) is 2. The Hall–Kier alpha value is -2.67. The minimum Gasteiger partial charge on any atom is -0.504 e. The van der Waals surface area contributed by atoms with Gasteiger partial charge >= 0.3 is 0 Å². The van der Waals surface area contributed by atoms with E-state index in [0.717, 1.165) is 0 Å². The van der Waals surface area contributed by atoms with Crippen LogP contribution in [0, 0.1) is 0 Å². The Morgan fingerprint density at radius 1 is 1.14 bits per heavy atom. The molecule has 0 saturated heterocycles. The number of para-hydroxylation sites is 1. The standard InChI is InChI=1S/C15H18N4O3/c1-2-21-9-10-22-13-6-4-3-5-11(13)18-19-14-8-7-12(20)15(16)17-14/h3-8,20H,2,9-10H2,1H3,(H2,16,17). The molecule has 0 radical (unpaired) electrons. The van der Waals surface area contributed by atoms with Gasteiger partial charge in [-0.2, -0.15) is 0 Å². The summed E-state index contributed by atoms with van der Waals surface area (Å²) in [6.45, 7) is 3.53. The predicted molar refractivity (Wildman–Crippen MR) is 82.9 cm³/mol. The SMILES string of the molecule is CCOCCOc1ccccc1N=Nc1ccc(O)c(N)n1. The number of anilines is 1. The number of nitrogen functional groups attached to an aromatic ring is 1. The van der Waals surface area contributed by atoms with E-state index < -0.39 is 0 Å². The molecule has 0 aliphatic rings. The molecular formula is C15H18N4O3. The molecule has 0 fully saturated rings. The van der Waals surface area contributed by atoms with Gasteiger partial charge in [-0.05, 0) is 31.2 Å². The van der Waals surface area contributed by atoms with E-state index in [4.69, 9.17) is 15.2 Å². The van der Waals surface area contributed by atoms with Crippen molar-refractivity contribution in [3.8, 4) is 11.5 Å². The number of rotatable bonds is 7. The van der Waals surface area contributed by atoms with E-state index >= 15 is 0 Å². The van der Waals surface area contributed by atoms with Crippen molar-refractivity contribution < 1.29 is 14.6 Å². The van der Waals surface area contributed by atoms with Crippen LogP contribution in [-0.4, -0.2) is 29.9 Å². The molecule has 7 nitrogen and oxygen atoms in total. The van der Waals surface area contributed by atoms with Gasteiger partial charge in [0, 0.05) is 6.61 Å². The first-order valence-electron chi connectivity index (χ1n) is 6.87. The molecule has 2 rings (SSSR count). The van der Waals surface area contributed by atoms with Crippen LogP contribution in [0.25, 0.3) is 0 Å². The molecule has 1 heterocycles. The molecule has 0 spiro atoms. The normalized spacial score (nSPS) is 11.0. The molecular weight excluding hydrogens is 284 g/mol. The number of pyridine rings is 1. The number of hydrogen-bond donors (Lipinski definition) is 2. The van der Waals surface area contributed by atoms with E-state index in [9.17, 15) is 5.11 Å². The summed E-state index contributed by atoms with van der Waals surface area (Å²) in [5.74, 6) is 0.841. The zero-order valence-electron chi connectivity index (χ0n) is 12.3. The van der Waals surface area contributed by atoms with E-state index in [0.29, 0.717) is 37.1 Å². The first-order valence-corrected chi connectivity index (χ1v) is 6.87. The fraction of sp³-hybridized carbons (Fsp3) is 0.267. The van der Waals surface area contributed by atoms with Crippen LogP contribution in [0.1, 0.15) is 6.92 Å². The Kier molecular flexibility index (Phi) is 5.67. The third-order valence-corrected chi connectivity index (χ3v) is 2.70. The smallest absolute Gasteiger partial charge is 0.176 e. The lowest BCUT2D eigenvalue weighted by Crippen LogP contribution is -2.06. The number of nitrogens with zero attached hydrogens (tertiary/aromatic N) is 3. The second-order valence-electron chi connectivity index (χ2n) is 4.29. The van der Waals surface area contributed by atoms with Gasteiger partial charge in [0.05, 0.1) is 6.61 Å². The summed E-state index contributed by atoms with van der Waals surface area (Å²) in [5, 5.41) is 17.4. The van der Waals surface area contributed by atoms with Gasteiger partial charge in [-0.25, -0.2) is 4.98 Å². The summed E-state index contributed by atoms with van der Waals surface area (Å²) in [6, 6.07) is 10.2. The maximum absolute atomic E-state index is 9.32.